The summed E-state index contributed by atoms with van der Waals surface area (Å²) in [5, 5.41) is 0. The fraction of sp³-hybridized carbons (Fsp3) is 1.00. The maximum Gasteiger partial charge on any atom is 0.405 e. The third-order valence-electron chi connectivity index (χ3n) is 2.36. The zero-order chi connectivity index (χ0) is 9.90. The Morgan fingerprint density at radius 2 is 1.69 bits per heavy atom. The molecule has 0 aromatic heterocycles. The van der Waals surface area contributed by atoms with E-state index >= 15 is 0 Å². The first kappa shape index (κ1) is 11.1. The van der Waals surface area contributed by atoms with Gasteiger partial charge in [0.1, 0.15) is 6.04 Å². The van der Waals surface area contributed by atoms with Crippen molar-refractivity contribution < 1.29 is 13.2 Å². The molecule has 1 heterocycles. The second-order valence-electron chi connectivity index (χ2n) is 3.31. The summed E-state index contributed by atoms with van der Waals surface area (Å²) in [6, 6.07) is -1.45. The predicted octanol–water partition coefficient (Wildman–Crippen LogP) is 2.64. The van der Waals surface area contributed by atoms with Gasteiger partial charge in [-0.15, -0.1) is 11.6 Å². The maximum atomic E-state index is 12.4. The number of rotatable bonds is 2. The first-order chi connectivity index (χ1) is 6.05. The van der Waals surface area contributed by atoms with Gasteiger partial charge in [-0.2, -0.15) is 13.2 Å². The molecule has 1 nitrogen and oxygen atoms in total. The number of piperidine rings is 1. The topological polar surface area (TPSA) is 3.24 Å². The highest BCUT2D eigenvalue weighted by Crippen LogP contribution is 2.27. The van der Waals surface area contributed by atoms with Gasteiger partial charge in [-0.3, -0.25) is 4.90 Å². The van der Waals surface area contributed by atoms with Gasteiger partial charge < -0.3 is 0 Å². The monoisotopic (exact) mass is 215 g/mol. The van der Waals surface area contributed by atoms with E-state index in [-0.39, 0.29) is 5.88 Å². The average molecular weight is 216 g/mol. The lowest BCUT2D eigenvalue weighted by molar-refractivity contribution is -0.179. The van der Waals surface area contributed by atoms with Crippen LogP contribution in [0.25, 0.3) is 0 Å². The summed E-state index contributed by atoms with van der Waals surface area (Å²) >= 11 is 5.32. The molecule has 13 heavy (non-hydrogen) atoms. The summed E-state index contributed by atoms with van der Waals surface area (Å²) < 4.78 is 37.1. The van der Waals surface area contributed by atoms with E-state index in [1.807, 2.05) is 0 Å². The molecule has 1 fully saturated rings. The molecular formula is C8H13ClF3N. The smallest absolute Gasteiger partial charge is 0.291 e. The van der Waals surface area contributed by atoms with Crippen LogP contribution in [-0.4, -0.2) is 36.1 Å². The lowest BCUT2D eigenvalue weighted by atomic mass is 10.1. The van der Waals surface area contributed by atoms with E-state index < -0.39 is 12.2 Å². The van der Waals surface area contributed by atoms with Crippen LogP contribution in [0.4, 0.5) is 13.2 Å². The van der Waals surface area contributed by atoms with Crippen molar-refractivity contribution in [1.29, 1.82) is 0 Å². The van der Waals surface area contributed by atoms with Crippen molar-refractivity contribution in [2.75, 3.05) is 19.0 Å². The van der Waals surface area contributed by atoms with Crippen LogP contribution in [0.5, 0.6) is 0 Å². The molecule has 0 N–H and O–H groups in total. The van der Waals surface area contributed by atoms with Crippen molar-refractivity contribution in [3.63, 3.8) is 0 Å². The number of halogens is 4. The van der Waals surface area contributed by atoms with Gasteiger partial charge in [0.2, 0.25) is 0 Å². The van der Waals surface area contributed by atoms with Crippen molar-refractivity contribution in [2.45, 2.75) is 31.5 Å². The second-order valence-corrected chi connectivity index (χ2v) is 3.62. The summed E-state index contributed by atoms with van der Waals surface area (Å²) in [6.07, 6.45) is -1.45. The normalized spacial score (nSPS) is 23.1. The molecule has 0 bridgehead atoms. The van der Waals surface area contributed by atoms with Gasteiger partial charge in [-0.1, -0.05) is 6.42 Å². The van der Waals surface area contributed by atoms with Crippen molar-refractivity contribution in [2.24, 2.45) is 0 Å². The molecule has 1 rings (SSSR count). The van der Waals surface area contributed by atoms with E-state index in [0.29, 0.717) is 13.1 Å². The Hall–Kier alpha value is 0.0400. The Morgan fingerprint density at radius 1 is 1.15 bits per heavy atom. The first-order valence-electron chi connectivity index (χ1n) is 4.42. The minimum absolute atomic E-state index is 0.358. The molecule has 0 unspecified atom stereocenters. The van der Waals surface area contributed by atoms with E-state index in [1.54, 1.807) is 0 Å². The van der Waals surface area contributed by atoms with Gasteiger partial charge in [0.15, 0.2) is 0 Å². The van der Waals surface area contributed by atoms with Gasteiger partial charge in [0.05, 0.1) is 0 Å². The van der Waals surface area contributed by atoms with Gasteiger partial charge in [-0.25, -0.2) is 0 Å². The minimum atomic E-state index is -4.18. The zero-order valence-electron chi connectivity index (χ0n) is 7.28. The molecule has 1 aliphatic rings. The SMILES string of the molecule is FC(F)(F)[C@H](CCl)N1CCCCC1. The summed E-state index contributed by atoms with van der Waals surface area (Å²) in [5.41, 5.74) is 0. The van der Waals surface area contributed by atoms with Crippen LogP contribution in [0, 0.1) is 0 Å². The molecule has 0 aliphatic carbocycles. The third kappa shape index (κ3) is 3.02. The predicted molar refractivity (Wildman–Crippen MR) is 46.0 cm³/mol. The van der Waals surface area contributed by atoms with Crippen LogP contribution >= 0.6 is 11.6 Å². The summed E-state index contributed by atoms with van der Waals surface area (Å²) in [7, 11) is 0. The molecular weight excluding hydrogens is 203 g/mol. The van der Waals surface area contributed by atoms with Gasteiger partial charge in [0.25, 0.3) is 0 Å². The second kappa shape index (κ2) is 4.51. The average Bonchev–Trinajstić information content (AvgIpc) is 2.05. The molecule has 1 atom stereocenters. The summed E-state index contributed by atoms with van der Waals surface area (Å²) in [4.78, 5) is 1.44. The molecule has 0 aromatic carbocycles. The highest BCUT2D eigenvalue weighted by atomic mass is 35.5. The first-order valence-corrected chi connectivity index (χ1v) is 4.96. The fourth-order valence-corrected chi connectivity index (χ4v) is 1.99. The number of nitrogens with zero attached hydrogens (tertiary/aromatic N) is 1. The maximum absolute atomic E-state index is 12.4. The van der Waals surface area contributed by atoms with Crippen LogP contribution in [0.2, 0.25) is 0 Å². The van der Waals surface area contributed by atoms with Crippen LogP contribution in [0.3, 0.4) is 0 Å². The molecule has 0 radical (unpaired) electrons. The van der Waals surface area contributed by atoms with Gasteiger partial charge in [-0.05, 0) is 25.9 Å². The number of hydrogen-bond donors (Lipinski definition) is 0. The van der Waals surface area contributed by atoms with Crippen LogP contribution in [0.15, 0.2) is 0 Å². The van der Waals surface area contributed by atoms with E-state index in [1.165, 1.54) is 4.90 Å². The Morgan fingerprint density at radius 3 is 2.08 bits per heavy atom. The van der Waals surface area contributed by atoms with Crippen LogP contribution < -0.4 is 0 Å². The zero-order valence-corrected chi connectivity index (χ0v) is 8.03. The summed E-state index contributed by atoms with van der Waals surface area (Å²) in [6.45, 7) is 1.05. The number of likely N-dealkylation sites (tertiary alicyclic amines) is 1. The Balaban J connectivity index is 2.54. The number of alkyl halides is 4. The van der Waals surface area contributed by atoms with Crippen LogP contribution in [-0.2, 0) is 0 Å². The summed E-state index contributed by atoms with van der Waals surface area (Å²) in [5.74, 6) is -0.358. The lowest BCUT2D eigenvalue weighted by Crippen LogP contribution is -2.49. The quantitative estimate of drug-likeness (QED) is 0.640. The van der Waals surface area contributed by atoms with Gasteiger partial charge >= 0.3 is 6.18 Å². The van der Waals surface area contributed by atoms with Crippen LogP contribution in [0.1, 0.15) is 19.3 Å². The van der Waals surface area contributed by atoms with E-state index in [0.717, 1.165) is 19.3 Å². The fourth-order valence-electron chi connectivity index (χ4n) is 1.62. The Labute approximate surface area is 80.8 Å². The Kier molecular flexibility index (Phi) is 3.86. The Bertz CT molecular complexity index is 154. The molecule has 78 valence electrons. The van der Waals surface area contributed by atoms with Crippen molar-refractivity contribution in [1.82, 2.24) is 4.90 Å². The van der Waals surface area contributed by atoms with Crippen molar-refractivity contribution >= 4 is 11.6 Å². The molecule has 0 saturated carbocycles. The largest absolute Gasteiger partial charge is 0.405 e. The van der Waals surface area contributed by atoms with Gasteiger partial charge in [0, 0.05) is 5.88 Å². The molecule has 0 aromatic rings. The molecule has 1 aliphatic heterocycles. The highest BCUT2D eigenvalue weighted by Gasteiger charge is 2.42. The minimum Gasteiger partial charge on any atom is -0.291 e. The van der Waals surface area contributed by atoms with E-state index in [4.69, 9.17) is 11.6 Å². The van der Waals surface area contributed by atoms with Crippen molar-refractivity contribution in [3.05, 3.63) is 0 Å². The van der Waals surface area contributed by atoms with E-state index in [9.17, 15) is 13.2 Å². The third-order valence-corrected chi connectivity index (χ3v) is 2.65. The van der Waals surface area contributed by atoms with Crippen molar-refractivity contribution in [3.8, 4) is 0 Å². The van der Waals surface area contributed by atoms with E-state index in [2.05, 4.69) is 0 Å². The molecule has 1 saturated heterocycles. The molecule has 0 spiro atoms. The molecule has 0 amide bonds. The number of hydrogen-bond acceptors (Lipinski definition) is 1. The molecule has 5 heteroatoms. The lowest BCUT2D eigenvalue weighted by Gasteiger charge is -2.34. The standard InChI is InChI=1S/C8H13ClF3N/c9-6-7(8(10,11)12)13-4-2-1-3-5-13/h7H,1-6H2/t7-/m0/s1. The highest BCUT2D eigenvalue weighted by molar-refractivity contribution is 6.18.